The van der Waals surface area contributed by atoms with Crippen LogP contribution in [0.25, 0.3) is 27.7 Å². The van der Waals surface area contributed by atoms with E-state index in [0.717, 1.165) is 22.2 Å². The van der Waals surface area contributed by atoms with Crippen LogP contribution in [0, 0.1) is 0 Å². The molecule has 8 nitrogen and oxygen atoms in total. The number of nitrogens with one attached hydrogen (secondary N) is 2. The smallest absolute Gasteiger partial charge is 0.255 e. The van der Waals surface area contributed by atoms with E-state index in [1.165, 1.54) is 0 Å². The van der Waals surface area contributed by atoms with E-state index in [1.807, 2.05) is 36.4 Å². The molecule has 5 rings (SSSR count). The number of aromatic nitrogens is 7. The molecule has 0 radical (unpaired) electrons. The van der Waals surface area contributed by atoms with Gasteiger partial charge in [0.15, 0.2) is 11.5 Å². The first-order valence-corrected chi connectivity index (χ1v) is 8.09. The summed E-state index contributed by atoms with van der Waals surface area (Å²) in [5.74, 6) is 0.707. The Kier molecular flexibility index (Phi) is 3.14. The molecule has 0 aliphatic heterocycles. The van der Waals surface area contributed by atoms with E-state index in [2.05, 4.69) is 30.5 Å². The summed E-state index contributed by atoms with van der Waals surface area (Å²) < 4.78 is 1.73. The third-order valence-electron chi connectivity index (χ3n) is 4.38. The van der Waals surface area contributed by atoms with Gasteiger partial charge in [0.25, 0.3) is 5.56 Å². The average Bonchev–Trinajstić information content (AvgIpc) is 3.33. The number of H-pyrrole nitrogens is 2. The van der Waals surface area contributed by atoms with Gasteiger partial charge in [-0.1, -0.05) is 12.1 Å². The summed E-state index contributed by atoms with van der Waals surface area (Å²) in [5, 5.41) is 21.4. The normalized spacial score (nSPS) is 11.4. The van der Waals surface area contributed by atoms with Crippen LogP contribution in [0.3, 0.4) is 0 Å². The number of benzene rings is 1. The lowest BCUT2D eigenvalue weighted by molar-refractivity contribution is 0.844. The lowest BCUT2D eigenvalue weighted by Gasteiger charge is -2.05. The van der Waals surface area contributed by atoms with Gasteiger partial charge in [-0.15, -0.1) is 10.2 Å². The predicted octanol–water partition coefficient (Wildman–Crippen LogP) is 1.95. The van der Waals surface area contributed by atoms with Crippen LogP contribution in [0.15, 0.2) is 59.8 Å². The molecule has 2 N–H and O–H groups in total. The van der Waals surface area contributed by atoms with Gasteiger partial charge < -0.3 is 4.98 Å². The fourth-order valence-electron chi connectivity index (χ4n) is 3.10. The minimum Gasteiger partial charge on any atom is -0.329 e. The first kappa shape index (κ1) is 14.5. The Morgan fingerprint density at radius 3 is 2.88 bits per heavy atom. The topological polar surface area (TPSA) is 105 Å². The van der Waals surface area contributed by atoms with Gasteiger partial charge in [-0.3, -0.25) is 9.89 Å². The first-order chi connectivity index (χ1) is 12.8. The Morgan fingerprint density at radius 2 is 2.00 bits per heavy atom. The van der Waals surface area contributed by atoms with Crippen molar-refractivity contribution in [1.82, 2.24) is 35.0 Å². The number of hydrogen-bond donors (Lipinski definition) is 2. The van der Waals surface area contributed by atoms with Crippen LogP contribution in [0.1, 0.15) is 11.4 Å². The zero-order valence-corrected chi connectivity index (χ0v) is 13.5. The Labute approximate surface area is 146 Å². The molecule has 0 aliphatic rings. The van der Waals surface area contributed by atoms with Crippen molar-refractivity contribution in [2.75, 3.05) is 0 Å². The van der Waals surface area contributed by atoms with E-state index < -0.39 is 0 Å². The van der Waals surface area contributed by atoms with Gasteiger partial charge in [0.2, 0.25) is 0 Å². The molecule has 126 valence electrons. The number of rotatable bonds is 3. The van der Waals surface area contributed by atoms with E-state index in [4.69, 9.17) is 0 Å². The summed E-state index contributed by atoms with van der Waals surface area (Å²) in [6, 6.07) is 11.3. The summed E-state index contributed by atoms with van der Waals surface area (Å²) in [7, 11) is 0. The van der Waals surface area contributed by atoms with Crippen molar-refractivity contribution >= 4 is 16.4 Å². The maximum atomic E-state index is 12.0. The number of fused-ring (bicyclic) bond motifs is 2. The molecule has 0 saturated carbocycles. The molecule has 8 heteroatoms. The van der Waals surface area contributed by atoms with E-state index in [1.54, 1.807) is 23.1 Å². The molecule has 0 fully saturated rings. The van der Waals surface area contributed by atoms with Crippen molar-refractivity contribution in [2.45, 2.75) is 6.42 Å². The number of hydrogen-bond acceptors (Lipinski definition) is 5. The highest BCUT2D eigenvalue weighted by molar-refractivity contribution is 5.84. The fraction of sp³-hybridized carbons (Fsp3) is 0.0556. The van der Waals surface area contributed by atoms with Gasteiger partial charge in [0.1, 0.15) is 0 Å². The summed E-state index contributed by atoms with van der Waals surface area (Å²) in [4.78, 5) is 14.7. The molecule has 0 bridgehead atoms. The summed E-state index contributed by atoms with van der Waals surface area (Å²) >= 11 is 0. The summed E-state index contributed by atoms with van der Waals surface area (Å²) in [6.07, 6.45) is 5.68. The fourth-order valence-corrected chi connectivity index (χ4v) is 3.10. The van der Waals surface area contributed by atoms with E-state index >= 15 is 0 Å². The average molecular weight is 343 g/mol. The van der Waals surface area contributed by atoms with Crippen LogP contribution >= 0.6 is 0 Å². The molecule has 1 aromatic carbocycles. The Bertz CT molecular complexity index is 1280. The van der Waals surface area contributed by atoms with Gasteiger partial charge in [-0.2, -0.15) is 14.7 Å². The van der Waals surface area contributed by atoms with Gasteiger partial charge in [0, 0.05) is 29.8 Å². The molecule has 0 unspecified atom stereocenters. The zero-order valence-electron chi connectivity index (χ0n) is 13.5. The second-order valence-electron chi connectivity index (χ2n) is 5.95. The highest BCUT2D eigenvalue weighted by Crippen LogP contribution is 2.20. The van der Waals surface area contributed by atoms with Crippen molar-refractivity contribution < 1.29 is 0 Å². The third-order valence-corrected chi connectivity index (χ3v) is 4.38. The van der Waals surface area contributed by atoms with Gasteiger partial charge in [-0.25, -0.2) is 0 Å². The van der Waals surface area contributed by atoms with Crippen LogP contribution in [0.5, 0.6) is 0 Å². The Morgan fingerprint density at radius 1 is 1.04 bits per heavy atom. The van der Waals surface area contributed by atoms with Crippen LogP contribution < -0.4 is 5.56 Å². The standard InChI is InChI=1S/C18H13N7O/c26-18-14-3-1-2-11(13(14)6-7-19-18)8-17-23-22-16-5-4-15(24-25(16)17)12-9-20-21-10-12/h1-7,9-10H,8H2,(H,19,26)(H,20,21). The van der Waals surface area contributed by atoms with Gasteiger partial charge in [0.05, 0.1) is 11.9 Å². The zero-order chi connectivity index (χ0) is 17.5. The van der Waals surface area contributed by atoms with Crippen LogP contribution in [-0.4, -0.2) is 35.0 Å². The minimum atomic E-state index is -0.101. The lowest BCUT2D eigenvalue weighted by atomic mass is 10.0. The van der Waals surface area contributed by atoms with E-state index in [-0.39, 0.29) is 5.56 Å². The number of nitrogens with zero attached hydrogens (tertiary/aromatic N) is 5. The first-order valence-electron chi connectivity index (χ1n) is 8.09. The van der Waals surface area contributed by atoms with Crippen molar-refractivity contribution in [3.05, 3.63) is 76.7 Å². The Hall–Kier alpha value is -3.81. The number of pyridine rings is 1. The van der Waals surface area contributed by atoms with Crippen molar-refractivity contribution in [3.8, 4) is 11.3 Å². The highest BCUT2D eigenvalue weighted by Gasteiger charge is 2.12. The molecule has 26 heavy (non-hydrogen) atoms. The lowest BCUT2D eigenvalue weighted by Crippen LogP contribution is -2.06. The van der Waals surface area contributed by atoms with Crippen LogP contribution in [0.2, 0.25) is 0 Å². The SMILES string of the molecule is O=c1[nH]ccc2c(Cc3nnc4ccc(-c5cn[nH]c5)nn34)cccc12. The molecular weight excluding hydrogens is 330 g/mol. The second kappa shape index (κ2) is 5.62. The van der Waals surface area contributed by atoms with Gasteiger partial charge >= 0.3 is 0 Å². The highest BCUT2D eigenvalue weighted by atomic mass is 16.1. The molecule has 4 heterocycles. The molecule has 0 amide bonds. The monoisotopic (exact) mass is 343 g/mol. The second-order valence-corrected chi connectivity index (χ2v) is 5.95. The van der Waals surface area contributed by atoms with Crippen LogP contribution in [0.4, 0.5) is 0 Å². The van der Waals surface area contributed by atoms with Crippen molar-refractivity contribution in [3.63, 3.8) is 0 Å². The minimum absolute atomic E-state index is 0.101. The van der Waals surface area contributed by atoms with Crippen molar-refractivity contribution in [1.29, 1.82) is 0 Å². The molecule has 0 spiro atoms. The Balaban J connectivity index is 1.63. The quantitative estimate of drug-likeness (QED) is 0.521. The summed E-state index contributed by atoms with van der Waals surface area (Å²) in [5.41, 5.74) is 3.24. The predicted molar refractivity (Wildman–Crippen MR) is 95.7 cm³/mol. The van der Waals surface area contributed by atoms with Crippen LogP contribution in [-0.2, 0) is 6.42 Å². The van der Waals surface area contributed by atoms with E-state index in [0.29, 0.717) is 23.3 Å². The van der Waals surface area contributed by atoms with E-state index in [9.17, 15) is 4.79 Å². The largest absolute Gasteiger partial charge is 0.329 e. The van der Waals surface area contributed by atoms with Crippen molar-refractivity contribution in [2.24, 2.45) is 0 Å². The molecule has 4 aromatic heterocycles. The molecule has 0 atom stereocenters. The molecule has 0 saturated heterocycles. The maximum Gasteiger partial charge on any atom is 0.255 e. The molecular formula is C18H13N7O. The molecule has 5 aromatic rings. The molecule has 0 aliphatic carbocycles. The number of aromatic amines is 2. The third kappa shape index (κ3) is 2.27. The summed E-state index contributed by atoms with van der Waals surface area (Å²) in [6.45, 7) is 0. The van der Waals surface area contributed by atoms with Gasteiger partial charge in [-0.05, 0) is 35.2 Å². The maximum absolute atomic E-state index is 12.0.